The number of hydrogen-bond donors (Lipinski definition) is 0. The molecule has 1 aromatic heterocycles. The molecule has 0 aliphatic heterocycles. The minimum Gasteiger partial charge on any atom is -0.478 e. The molecule has 1 aromatic carbocycles. The zero-order chi connectivity index (χ0) is 16.3. The van der Waals surface area contributed by atoms with Crippen molar-refractivity contribution < 1.29 is 17.9 Å². The summed E-state index contributed by atoms with van der Waals surface area (Å²) in [5, 5.41) is 0. The first-order valence-electron chi connectivity index (χ1n) is 6.68. The summed E-state index contributed by atoms with van der Waals surface area (Å²) in [6.45, 7) is 4.09. The quantitative estimate of drug-likeness (QED) is 0.871. The maximum Gasteiger partial charge on any atom is 0.416 e. The van der Waals surface area contributed by atoms with Crippen LogP contribution in [0.1, 0.15) is 23.6 Å². The summed E-state index contributed by atoms with van der Waals surface area (Å²) < 4.78 is 44.1. The lowest BCUT2D eigenvalue weighted by Gasteiger charge is -2.11. The molecule has 7 heteroatoms. The second-order valence-electron chi connectivity index (χ2n) is 4.77. The van der Waals surface area contributed by atoms with Crippen LogP contribution in [0.5, 0.6) is 5.88 Å². The Labute approximate surface area is 125 Å². The first-order chi connectivity index (χ1) is 10.3. The van der Waals surface area contributed by atoms with Gasteiger partial charge in [-0.05, 0) is 31.5 Å². The minimum atomic E-state index is -4.37. The third kappa shape index (κ3) is 3.66. The summed E-state index contributed by atoms with van der Waals surface area (Å²) in [6, 6.07) is 4.69. The van der Waals surface area contributed by atoms with Gasteiger partial charge in [0, 0.05) is 11.8 Å². The molecule has 0 saturated heterocycles. The van der Waals surface area contributed by atoms with Crippen LogP contribution in [0.25, 0.3) is 0 Å². The van der Waals surface area contributed by atoms with Crippen molar-refractivity contribution in [1.29, 1.82) is 0 Å². The molecule has 0 amide bonds. The van der Waals surface area contributed by atoms with E-state index in [0.29, 0.717) is 17.7 Å². The van der Waals surface area contributed by atoms with Gasteiger partial charge in [0.25, 0.3) is 0 Å². The molecule has 0 aliphatic carbocycles. The van der Waals surface area contributed by atoms with E-state index in [9.17, 15) is 18.0 Å². The molecular weight excluding hydrogens is 297 g/mol. The Kier molecular flexibility index (Phi) is 4.54. The zero-order valence-corrected chi connectivity index (χ0v) is 12.1. The van der Waals surface area contributed by atoms with Crippen LogP contribution in [0, 0.1) is 6.92 Å². The molecular formula is C15H15F3N2O2. The Morgan fingerprint density at radius 1 is 1.23 bits per heavy atom. The van der Waals surface area contributed by atoms with E-state index in [1.165, 1.54) is 16.7 Å². The summed E-state index contributed by atoms with van der Waals surface area (Å²) in [7, 11) is 0. The maximum atomic E-state index is 12.5. The number of ether oxygens (including phenoxy) is 1. The van der Waals surface area contributed by atoms with E-state index in [1.54, 1.807) is 20.0 Å². The number of benzene rings is 1. The highest BCUT2D eigenvalue weighted by molar-refractivity contribution is 5.26. The van der Waals surface area contributed by atoms with Crippen LogP contribution >= 0.6 is 0 Å². The third-order valence-electron chi connectivity index (χ3n) is 3.04. The normalized spacial score (nSPS) is 11.5. The van der Waals surface area contributed by atoms with Gasteiger partial charge in [0.2, 0.25) is 5.88 Å². The Morgan fingerprint density at radius 2 is 1.86 bits per heavy atom. The van der Waals surface area contributed by atoms with Gasteiger partial charge in [0.15, 0.2) is 0 Å². The first-order valence-corrected chi connectivity index (χ1v) is 6.68. The fraction of sp³-hybridized carbons (Fsp3) is 0.333. The molecule has 0 unspecified atom stereocenters. The topological polar surface area (TPSA) is 44.1 Å². The minimum absolute atomic E-state index is 0.150. The van der Waals surface area contributed by atoms with E-state index in [1.807, 2.05) is 0 Å². The molecule has 2 aromatic rings. The molecule has 0 saturated carbocycles. The summed E-state index contributed by atoms with van der Waals surface area (Å²) in [5.74, 6) is 0.274. The van der Waals surface area contributed by atoms with Crippen molar-refractivity contribution in [2.24, 2.45) is 0 Å². The SMILES string of the molecule is CCOc1nc(=O)n(Cc2ccc(C(F)(F)F)cc2)cc1C. The van der Waals surface area contributed by atoms with Crippen molar-refractivity contribution in [1.82, 2.24) is 9.55 Å². The summed E-state index contributed by atoms with van der Waals surface area (Å²) in [5.41, 5.74) is 0.0485. The van der Waals surface area contributed by atoms with Crippen LogP contribution in [0.3, 0.4) is 0 Å². The summed E-state index contributed by atoms with van der Waals surface area (Å²) in [4.78, 5) is 15.7. The molecule has 118 valence electrons. The molecule has 0 radical (unpaired) electrons. The first kappa shape index (κ1) is 16.1. The smallest absolute Gasteiger partial charge is 0.416 e. The number of nitrogens with zero attached hydrogens (tertiary/aromatic N) is 2. The van der Waals surface area contributed by atoms with Crippen LogP contribution in [0.2, 0.25) is 0 Å². The van der Waals surface area contributed by atoms with Gasteiger partial charge in [-0.25, -0.2) is 4.79 Å². The molecule has 4 nitrogen and oxygen atoms in total. The molecule has 0 fully saturated rings. The molecule has 0 N–H and O–H groups in total. The van der Waals surface area contributed by atoms with Crippen molar-refractivity contribution in [2.45, 2.75) is 26.6 Å². The van der Waals surface area contributed by atoms with Crippen LogP contribution in [-0.4, -0.2) is 16.2 Å². The van der Waals surface area contributed by atoms with Crippen molar-refractivity contribution in [3.8, 4) is 5.88 Å². The average Bonchev–Trinajstić information content (AvgIpc) is 2.44. The highest BCUT2D eigenvalue weighted by Crippen LogP contribution is 2.29. The molecule has 0 spiro atoms. The highest BCUT2D eigenvalue weighted by atomic mass is 19.4. The van der Waals surface area contributed by atoms with Crippen LogP contribution in [-0.2, 0) is 12.7 Å². The van der Waals surface area contributed by atoms with Crippen LogP contribution in [0.15, 0.2) is 35.3 Å². The van der Waals surface area contributed by atoms with Crippen molar-refractivity contribution in [3.63, 3.8) is 0 Å². The Morgan fingerprint density at radius 3 is 2.41 bits per heavy atom. The number of aryl methyl sites for hydroxylation is 1. The highest BCUT2D eigenvalue weighted by Gasteiger charge is 2.29. The lowest BCUT2D eigenvalue weighted by molar-refractivity contribution is -0.137. The van der Waals surface area contributed by atoms with E-state index in [-0.39, 0.29) is 12.4 Å². The molecule has 0 aliphatic rings. The fourth-order valence-electron chi connectivity index (χ4n) is 1.98. The lowest BCUT2D eigenvalue weighted by Crippen LogP contribution is -2.24. The van der Waals surface area contributed by atoms with Crippen LogP contribution < -0.4 is 10.4 Å². The van der Waals surface area contributed by atoms with E-state index >= 15 is 0 Å². The predicted molar refractivity (Wildman–Crippen MR) is 74.9 cm³/mol. The van der Waals surface area contributed by atoms with Gasteiger partial charge in [0.05, 0.1) is 18.7 Å². The van der Waals surface area contributed by atoms with Gasteiger partial charge in [-0.15, -0.1) is 0 Å². The molecule has 2 rings (SSSR count). The predicted octanol–water partition coefficient (Wildman–Crippen LogP) is 3.02. The lowest BCUT2D eigenvalue weighted by atomic mass is 10.1. The zero-order valence-electron chi connectivity index (χ0n) is 12.1. The fourth-order valence-corrected chi connectivity index (χ4v) is 1.98. The van der Waals surface area contributed by atoms with Crippen LogP contribution in [0.4, 0.5) is 13.2 Å². The summed E-state index contributed by atoms with van der Waals surface area (Å²) in [6.07, 6.45) is -2.79. The van der Waals surface area contributed by atoms with Gasteiger partial charge in [0.1, 0.15) is 0 Å². The molecule has 0 bridgehead atoms. The number of halogens is 3. The van der Waals surface area contributed by atoms with Gasteiger partial charge in [-0.2, -0.15) is 18.2 Å². The summed E-state index contributed by atoms with van der Waals surface area (Å²) >= 11 is 0. The van der Waals surface area contributed by atoms with Crippen molar-refractivity contribution in [2.75, 3.05) is 6.61 Å². The van der Waals surface area contributed by atoms with Gasteiger partial charge >= 0.3 is 11.9 Å². The van der Waals surface area contributed by atoms with Crippen molar-refractivity contribution >= 4 is 0 Å². The number of alkyl halides is 3. The van der Waals surface area contributed by atoms with Gasteiger partial charge < -0.3 is 4.74 Å². The third-order valence-corrected chi connectivity index (χ3v) is 3.04. The van der Waals surface area contributed by atoms with E-state index in [0.717, 1.165) is 12.1 Å². The van der Waals surface area contributed by atoms with Gasteiger partial charge in [-0.3, -0.25) is 4.57 Å². The Hall–Kier alpha value is -2.31. The van der Waals surface area contributed by atoms with E-state index in [4.69, 9.17) is 4.74 Å². The largest absolute Gasteiger partial charge is 0.478 e. The second-order valence-corrected chi connectivity index (χ2v) is 4.77. The Balaban J connectivity index is 2.24. The standard InChI is InChI=1S/C15H15F3N2O2/c1-3-22-13-10(2)8-20(14(21)19-13)9-11-4-6-12(7-5-11)15(16,17)18/h4-8H,3,9H2,1-2H3. The van der Waals surface area contributed by atoms with E-state index < -0.39 is 17.4 Å². The molecule has 1 heterocycles. The number of hydrogen-bond acceptors (Lipinski definition) is 3. The second kappa shape index (κ2) is 6.21. The van der Waals surface area contributed by atoms with Crippen molar-refractivity contribution in [3.05, 3.63) is 57.6 Å². The average molecular weight is 312 g/mol. The Bertz CT molecular complexity index is 706. The molecule has 0 atom stereocenters. The van der Waals surface area contributed by atoms with Gasteiger partial charge in [-0.1, -0.05) is 12.1 Å². The number of aromatic nitrogens is 2. The number of rotatable bonds is 4. The van der Waals surface area contributed by atoms with E-state index in [2.05, 4.69) is 4.98 Å². The molecule has 22 heavy (non-hydrogen) atoms. The monoisotopic (exact) mass is 312 g/mol. The maximum absolute atomic E-state index is 12.5.